The SMILES string of the molecule is CCCCN1C(=CC=C2CCC(C=CC3=[N+](CCCC)c4ccccc4C3(C)C)=C2c2ccccc2)C(C)(C)c2ccccc21.F[P-](F)(F)(F)(F)F. The zero-order valence-electron chi connectivity index (χ0n) is 31.1. The molecule has 52 heavy (non-hydrogen) atoms. The molecule has 9 heteroatoms. The predicted molar refractivity (Wildman–Crippen MR) is 207 cm³/mol. The molecule has 3 aliphatic rings. The minimum absolute atomic E-state index is 0.0268. The van der Waals surface area contributed by atoms with E-state index in [-0.39, 0.29) is 10.8 Å². The van der Waals surface area contributed by atoms with E-state index in [1.54, 1.807) is 0 Å². The molecule has 1 aliphatic carbocycles. The van der Waals surface area contributed by atoms with Crippen LogP contribution in [0.3, 0.4) is 0 Å². The fraction of sp³-hybridized carbons (Fsp3) is 0.372. The van der Waals surface area contributed by atoms with Crippen molar-refractivity contribution in [1.82, 2.24) is 0 Å². The van der Waals surface area contributed by atoms with E-state index in [4.69, 9.17) is 0 Å². The van der Waals surface area contributed by atoms with E-state index < -0.39 is 7.81 Å². The van der Waals surface area contributed by atoms with Crippen LogP contribution in [-0.2, 0) is 10.8 Å². The summed E-state index contributed by atoms with van der Waals surface area (Å²) in [6, 6.07) is 29.1. The number of rotatable bonds is 10. The zero-order chi connectivity index (χ0) is 38.0. The molecule has 2 aliphatic heterocycles. The van der Waals surface area contributed by atoms with Gasteiger partial charge < -0.3 is 4.90 Å². The van der Waals surface area contributed by atoms with Gasteiger partial charge in [-0.05, 0) is 73.1 Å². The Labute approximate surface area is 305 Å². The summed E-state index contributed by atoms with van der Waals surface area (Å²) in [4.78, 5) is 2.58. The van der Waals surface area contributed by atoms with Crippen LogP contribution in [0.1, 0.15) is 96.8 Å². The van der Waals surface area contributed by atoms with E-state index in [1.807, 2.05) is 0 Å². The first-order valence-electron chi connectivity index (χ1n) is 18.3. The molecule has 0 saturated carbocycles. The Hall–Kier alpha value is -3.90. The topological polar surface area (TPSA) is 6.25 Å². The van der Waals surface area contributed by atoms with Gasteiger partial charge in [0.1, 0.15) is 6.54 Å². The summed E-state index contributed by atoms with van der Waals surface area (Å²) in [6.45, 7) is 16.3. The predicted octanol–water partition coefficient (Wildman–Crippen LogP) is 14.5. The molecule has 0 fully saturated rings. The van der Waals surface area contributed by atoms with Crippen LogP contribution in [0.5, 0.6) is 0 Å². The first-order chi connectivity index (χ1) is 24.2. The van der Waals surface area contributed by atoms with Gasteiger partial charge in [0.2, 0.25) is 5.69 Å². The zero-order valence-corrected chi connectivity index (χ0v) is 32.0. The number of halogens is 6. The molecule has 0 aromatic heterocycles. The molecule has 0 N–H and O–H groups in total. The Bertz CT molecular complexity index is 1940. The number of unbranched alkanes of at least 4 members (excludes halogenated alkanes) is 2. The second-order valence-corrected chi connectivity index (χ2v) is 16.9. The summed E-state index contributed by atoms with van der Waals surface area (Å²) in [5, 5.41) is 0. The maximum absolute atomic E-state index is 10.7. The number of hydrogen-bond donors (Lipinski definition) is 0. The molecule has 0 saturated heterocycles. The average Bonchev–Trinajstić information content (AvgIpc) is 3.65. The van der Waals surface area contributed by atoms with E-state index in [0.29, 0.717) is 0 Å². The van der Waals surface area contributed by atoms with Gasteiger partial charge in [-0.25, -0.2) is 0 Å². The minimum atomic E-state index is -10.7. The van der Waals surface area contributed by atoms with Gasteiger partial charge in [-0.2, -0.15) is 4.58 Å². The van der Waals surface area contributed by atoms with Crippen LogP contribution in [0.2, 0.25) is 0 Å². The molecule has 280 valence electrons. The molecule has 3 aromatic carbocycles. The molecule has 2 heterocycles. The van der Waals surface area contributed by atoms with Gasteiger partial charge in [0.05, 0.1) is 5.41 Å². The molecule has 0 radical (unpaired) electrons. The summed E-state index contributed by atoms with van der Waals surface area (Å²) in [6.07, 6.45) is 16.7. The monoisotopic (exact) mass is 740 g/mol. The van der Waals surface area contributed by atoms with Crippen molar-refractivity contribution in [1.29, 1.82) is 0 Å². The van der Waals surface area contributed by atoms with Crippen LogP contribution in [0.4, 0.5) is 36.6 Å². The second kappa shape index (κ2) is 14.2. The van der Waals surface area contributed by atoms with Crippen molar-refractivity contribution in [2.24, 2.45) is 0 Å². The molecular weight excluding hydrogens is 689 g/mol. The van der Waals surface area contributed by atoms with Gasteiger partial charge >= 0.3 is 33.0 Å². The summed E-state index contributed by atoms with van der Waals surface area (Å²) >= 11 is 0. The third-order valence-corrected chi connectivity index (χ3v) is 10.3. The molecule has 0 atom stereocenters. The fourth-order valence-electron chi connectivity index (χ4n) is 7.79. The van der Waals surface area contributed by atoms with Crippen molar-refractivity contribution >= 4 is 30.5 Å². The number of benzene rings is 3. The van der Waals surface area contributed by atoms with Crippen LogP contribution in [0, 0.1) is 0 Å². The number of fused-ring (bicyclic) bond motifs is 2. The van der Waals surface area contributed by atoms with Gasteiger partial charge in [0.25, 0.3) is 0 Å². The summed E-state index contributed by atoms with van der Waals surface area (Å²) in [7, 11) is -10.7. The van der Waals surface area contributed by atoms with Crippen molar-refractivity contribution in [2.45, 2.75) is 90.9 Å². The van der Waals surface area contributed by atoms with Gasteiger partial charge in [0.15, 0.2) is 5.71 Å². The molecular formula is C43H51F6N2P. The number of hydrogen-bond acceptors (Lipinski definition) is 1. The van der Waals surface area contributed by atoms with E-state index in [2.05, 4.69) is 154 Å². The van der Waals surface area contributed by atoms with Crippen molar-refractivity contribution in [3.8, 4) is 0 Å². The Morgan fingerprint density at radius 2 is 1.29 bits per heavy atom. The Morgan fingerprint density at radius 1 is 0.692 bits per heavy atom. The number of nitrogens with zero attached hydrogens (tertiary/aromatic N) is 2. The van der Waals surface area contributed by atoms with Gasteiger partial charge in [-0.1, -0.05) is 119 Å². The summed E-state index contributed by atoms with van der Waals surface area (Å²) < 4.78 is 61.8. The van der Waals surface area contributed by atoms with E-state index >= 15 is 0 Å². The van der Waals surface area contributed by atoms with Crippen molar-refractivity contribution in [2.75, 3.05) is 18.0 Å². The quantitative estimate of drug-likeness (QED) is 0.114. The first-order valence-corrected chi connectivity index (χ1v) is 20.3. The van der Waals surface area contributed by atoms with Crippen LogP contribution in [0.25, 0.3) is 5.57 Å². The Morgan fingerprint density at radius 3 is 1.94 bits per heavy atom. The molecule has 0 bridgehead atoms. The number of para-hydroxylation sites is 2. The summed E-state index contributed by atoms with van der Waals surface area (Å²) in [5.41, 5.74) is 14.0. The normalized spacial score (nSPS) is 20.7. The van der Waals surface area contributed by atoms with Gasteiger partial charge in [0, 0.05) is 47.5 Å². The van der Waals surface area contributed by atoms with E-state index in [9.17, 15) is 25.2 Å². The van der Waals surface area contributed by atoms with Crippen LogP contribution >= 0.6 is 7.81 Å². The molecule has 0 spiro atoms. The van der Waals surface area contributed by atoms with Crippen LogP contribution < -0.4 is 4.90 Å². The van der Waals surface area contributed by atoms with Crippen molar-refractivity contribution in [3.63, 3.8) is 0 Å². The number of allylic oxidation sites excluding steroid dienone is 8. The first kappa shape index (κ1) is 39.3. The van der Waals surface area contributed by atoms with Crippen molar-refractivity contribution in [3.05, 3.63) is 137 Å². The van der Waals surface area contributed by atoms with Gasteiger partial charge in [-0.3, -0.25) is 0 Å². The molecule has 0 amide bonds. The third-order valence-electron chi connectivity index (χ3n) is 10.3. The van der Waals surface area contributed by atoms with E-state index in [1.165, 1.54) is 81.9 Å². The standard InChI is InChI=1S/C43H51N2.F6P/c1-7-9-30-44-37-22-16-14-20-35(37)42(3,4)39(44)28-26-33-24-25-34(41(33)32-18-12-11-13-19-32)27-29-40-43(5,6)36-21-15-17-23-38(36)45(40)31-10-8-2;1-7(2,3,4,5)6/h11-23,26-29H,7-10,24-25,30-31H2,1-6H3;/q+1;-1. The third kappa shape index (κ3) is 9.17. The molecule has 2 nitrogen and oxygen atoms in total. The Kier molecular flexibility index (Phi) is 10.7. The molecule has 6 rings (SSSR count). The fourth-order valence-corrected chi connectivity index (χ4v) is 7.79. The molecule has 0 unspecified atom stereocenters. The Balaban J connectivity index is 0.000000679. The summed E-state index contributed by atoms with van der Waals surface area (Å²) in [5.74, 6) is 0. The second-order valence-electron chi connectivity index (χ2n) is 15.0. The van der Waals surface area contributed by atoms with Crippen molar-refractivity contribution < 1.29 is 29.8 Å². The maximum atomic E-state index is 9.87. The van der Waals surface area contributed by atoms with Crippen LogP contribution in [-0.4, -0.2) is 23.4 Å². The number of anilines is 1. The average molecular weight is 741 g/mol. The van der Waals surface area contributed by atoms with Gasteiger partial charge in [-0.15, -0.1) is 0 Å². The van der Waals surface area contributed by atoms with Crippen LogP contribution in [0.15, 0.2) is 120 Å². The molecule has 3 aromatic rings. The van der Waals surface area contributed by atoms with E-state index in [0.717, 1.165) is 25.9 Å².